The molecule has 0 aliphatic carbocycles. The van der Waals surface area contributed by atoms with Crippen LogP contribution in [-0.4, -0.2) is 32.7 Å². The van der Waals surface area contributed by atoms with E-state index in [1.807, 2.05) is 0 Å². The third-order valence-corrected chi connectivity index (χ3v) is 3.80. The number of thiol groups is 2. The summed E-state index contributed by atoms with van der Waals surface area (Å²) in [6.45, 7) is 3.52. The van der Waals surface area contributed by atoms with E-state index >= 15 is 0 Å². The highest BCUT2D eigenvalue weighted by atomic mass is 32.1. The second-order valence-electron chi connectivity index (χ2n) is 4.66. The standard InChI is InChI=1S/C12H22O4S2/c1-7(17)9(11(13)14)5-3-4-6-10(8(2)18)12(15)16/h7-10,17-18H,3-6H2,1-2H3,(H,13,14)(H,15,16). The van der Waals surface area contributed by atoms with E-state index in [0.717, 1.165) is 0 Å². The van der Waals surface area contributed by atoms with Crippen LogP contribution in [0.5, 0.6) is 0 Å². The Morgan fingerprint density at radius 1 is 0.889 bits per heavy atom. The number of hydrogen-bond acceptors (Lipinski definition) is 4. The molecule has 4 nitrogen and oxygen atoms in total. The van der Waals surface area contributed by atoms with Crippen molar-refractivity contribution in [2.75, 3.05) is 0 Å². The predicted molar refractivity (Wildman–Crippen MR) is 77.6 cm³/mol. The summed E-state index contributed by atoms with van der Waals surface area (Å²) in [5, 5.41) is 17.6. The van der Waals surface area contributed by atoms with Crippen molar-refractivity contribution in [1.82, 2.24) is 0 Å². The highest BCUT2D eigenvalue weighted by Crippen LogP contribution is 2.22. The Hall–Kier alpha value is -0.360. The van der Waals surface area contributed by atoms with Crippen molar-refractivity contribution < 1.29 is 19.8 Å². The Balaban J connectivity index is 4.04. The van der Waals surface area contributed by atoms with Gasteiger partial charge in [0.15, 0.2) is 0 Å². The molecule has 0 aliphatic heterocycles. The van der Waals surface area contributed by atoms with E-state index in [2.05, 4.69) is 25.3 Å². The third-order valence-electron chi connectivity index (χ3n) is 3.08. The second kappa shape index (κ2) is 8.69. The van der Waals surface area contributed by atoms with Gasteiger partial charge in [0.2, 0.25) is 0 Å². The number of carboxylic acid groups (broad SMARTS) is 2. The molecule has 0 aromatic carbocycles. The van der Waals surface area contributed by atoms with Crippen LogP contribution in [0.4, 0.5) is 0 Å². The van der Waals surface area contributed by atoms with E-state index in [0.29, 0.717) is 25.7 Å². The number of unbranched alkanes of at least 4 members (excludes halogenated alkanes) is 1. The largest absolute Gasteiger partial charge is 0.481 e. The van der Waals surface area contributed by atoms with Crippen LogP contribution in [0, 0.1) is 11.8 Å². The van der Waals surface area contributed by atoms with Crippen molar-refractivity contribution >= 4 is 37.2 Å². The lowest BCUT2D eigenvalue weighted by Crippen LogP contribution is -2.23. The van der Waals surface area contributed by atoms with Gasteiger partial charge >= 0.3 is 11.9 Å². The Labute approximate surface area is 119 Å². The minimum absolute atomic E-state index is 0.193. The molecule has 0 aliphatic rings. The molecule has 0 aromatic rings. The first kappa shape index (κ1) is 17.6. The first-order chi connectivity index (χ1) is 8.27. The SMILES string of the molecule is CC(S)C(CCCCC(C(=O)O)C(C)S)C(=O)O. The van der Waals surface area contributed by atoms with Gasteiger partial charge in [0.1, 0.15) is 0 Å². The minimum atomic E-state index is -0.838. The van der Waals surface area contributed by atoms with Gasteiger partial charge in [0, 0.05) is 10.5 Å². The topological polar surface area (TPSA) is 74.6 Å². The molecule has 106 valence electrons. The third kappa shape index (κ3) is 6.54. The van der Waals surface area contributed by atoms with Gasteiger partial charge in [-0.25, -0.2) is 0 Å². The molecule has 0 saturated heterocycles. The molecule has 6 heteroatoms. The Bertz CT molecular complexity index is 251. The van der Waals surface area contributed by atoms with E-state index in [4.69, 9.17) is 10.2 Å². The molecule has 0 saturated carbocycles. The van der Waals surface area contributed by atoms with Crippen LogP contribution in [0.25, 0.3) is 0 Å². The van der Waals surface area contributed by atoms with Gasteiger partial charge in [-0.1, -0.05) is 26.7 Å². The molecule has 0 aromatic heterocycles. The van der Waals surface area contributed by atoms with Gasteiger partial charge < -0.3 is 10.2 Å². The van der Waals surface area contributed by atoms with E-state index < -0.39 is 23.8 Å². The smallest absolute Gasteiger partial charge is 0.307 e. The maximum absolute atomic E-state index is 10.9. The first-order valence-electron chi connectivity index (χ1n) is 6.09. The molecule has 0 radical (unpaired) electrons. The first-order valence-corrected chi connectivity index (χ1v) is 7.12. The Morgan fingerprint density at radius 2 is 1.17 bits per heavy atom. The van der Waals surface area contributed by atoms with Gasteiger partial charge in [-0.3, -0.25) is 9.59 Å². The quantitative estimate of drug-likeness (QED) is 0.389. The van der Waals surface area contributed by atoms with Gasteiger partial charge in [-0.05, 0) is 12.8 Å². The summed E-state index contributed by atoms with van der Waals surface area (Å²) in [7, 11) is 0. The molecule has 2 N–H and O–H groups in total. The van der Waals surface area contributed by atoms with Crippen LogP contribution in [0.15, 0.2) is 0 Å². The van der Waals surface area contributed by atoms with E-state index in [-0.39, 0.29) is 10.5 Å². The van der Waals surface area contributed by atoms with Gasteiger partial charge in [-0.2, -0.15) is 25.3 Å². The van der Waals surface area contributed by atoms with Crippen LogP contribution >= 0.6 is 25.3 Å². The fraction of sp³-hybridized carbons (Fsp3) is 0.833. The molecule has 4 unspecified atom stereocenters. The summed E-state index contributed by atoms with van der Waals surface area (Å²) in [4.78, 5) is 21.9. The summed E-state index contributed by atoms with van der Waals surface area (Å²) in [6.07, 6.45) is 2.47. The van der Waals surface area contributed by atoms with Crippen molar-refractivity contribution in [2.45, 2.75) is 50.0 Å². The molecular formula is C12H22O4S2. The average molecular weight is 294 g/mol. The zero-order chi connectivity index (χ0) is 14.3. The number of aliphatic carboxylic acids is 2. The Kier molecular flexibility index (Phi) is 8.52. The highest BCUT2D eigenvalue weighted by molar-refractivity contribution is 7.81. The normalized spacial score (nSPS) is 17.8. The number of rotatable bonds is 9. The molecule has 0 amide bonds. The summed E-state index contributed by atoms with van der Waals surface area (Å²) < 4.78 is 0. The second-order valence-corrected chi connectivity index (χ2v) is 6.28. The summed E-state index contributed by atoms with van der Waals surface area (Å²) in [5.41, 5.74) is 0. The molecule has 0 fully saturated rings. The predicted octanol–water partition coefficient (Wildman–Crippen LogP) is 2.59. The molecule has 4 atom stereocenters. The highest BCUT2D eigenvalue weighted by Gasteiger charge is 2.24. The van der Waals surface area contributed by atoms with Gasteiger partial charge in [-0.15, -0.1) is 0 Å². The molecule has 0 spiro atoms. The molecule has 0 heterocycles. The Morgan fingerprint density at radius 3 is 1.33 bits per heavy atom. The van der Waals surface area contributed by atoms with E-state index in [9.17, 15) is 9.59 Å². The van der Waals surface area contributed by atoms with Gasteiger partial charge in [0.25, 0.3) is 0 Å². The fourth-order valence-electron chi connectivity index (χ4n) is 1.87. The summed E-state index contributed by atoms with van der Waals surface area (Å²) in [6, 6.07) is 0. The zero-order valence-corrected chi connectivity index (χ0v) is 12.5. The number of carbonyl (C=O) groups is 2. The molecule has 0 bridgehead atoms. The fourth-order valence-corrected chi connectivity index (χ4v) is 2.42. The van der Waals surface area contributed by atoms with Crippen LogP contribution in [0.2, 0.25) is 0 Å². The van der Waals surface area contributed by atoms with Crippen molar-refractivity contribution in [3.63, 3.8) is 0 Å². The lowest BCUT2D eigenvalue weighted by Gasteiger charge is -2.17. The van der Waals surface area contributed by atoms with Crippen molar-refractivity contribution in [3.05, 3.63) is 0 Å². The van der Waals surface area contributed by atoms with Crippen molar-refractivity contribution in [1.29, 1.82) is 0 Å². The average Bonchev–Trinajstić information content (AvgIpc) is 2.20. The maximum atomic E-state index is 10.9. The molecular weight excluding hydrogens is 272 g/mol. The summed E-state index contributed by atoms with van der Waals surface area (Å²) in [5.74, 6) is -2.61. The van der Waals surface area contributed by atoms with Crippen molar-refractivity contribution in [3.8, 4) is 0 Å². The van der Waals surface area contributed by atoms with Crippen LogP contribution in [0.3, 0.4) is 0 Å². The lowest BCUT2D eigenvalue weighted by molar-refractivity contribution is -0.143. The van der Waals surface area contributed by atoms with Gasteiger partial charge in [0.05, 0.1) is 11.8 Å². The maximum Gasteiger partial charge on any atom is 0.307 e. The monoisotopic (exact) mass is 294 g/mol. The number of hydrogen-bond donors (Lipinski definition) is 4. The molecule has 18 heavy (non-hydrogen) atoms. The van der Waals surface area contributed by atoms with E-state index in [1.165, 1.54) is 0 Å². The minimum Gasteiger partial charge on any atom is -0.481 e. The van der Waals surface area contributed by atoms with Crippen LogP contribution in [-0.2, 0) is 9.59 Å². The lowest BCUT2D eigenvalue weighted by atomic mass is 9.94. The molecule has 0 rings (SSSR count). The summed E-state index contributed by atoms with van der Waals surface area (Å²) >= 11 is 8.31. The zero-order valence-electron chi connectivity index (χ0n) is 10.7. The van der Waals surface area contributed by atoms with E-state index in [1.54, 1.807) is 13.8 Å². The van der Waals surface area contributed by atoms with Crippen LogP contribution in [0.1, 0.15) is 39.5 Å². The number of carboxylic acids is 2. The van der Waals surface area contributed by atoms with Crippen LogP contribution < -0.4 is 0 Å². The van der Waals surface area contributed by atoms with Crippen molar-refractivity contribution in [2.24, 2.45) is 11.8 Å².